The normalized spacial score (nSPS) is 11.1. The second-order valence-electron chi connectivity index (χ2n) is 4.62. The number of para-hydroxylation sites is 2. The van der Waals surface area contributed by atoms with Crippen molar-refractivity contribution < 1.29 is 27.7 Å². The van der Waals surface area contributed by atoms with Gasteiger partial charge in [-0.15, -0.1) is 0 Å². The van der Waals surface area contributed by atoms with E-state index < -0.39 is 15.0 Å². The number of nitrogen functional groups attached to an aromatic ring is 1. The number of rotatable bonds is 7. The molecule has 1 aromatic carbocycles. The van der Waals surface area contributed by atoms with Gasteiger partial charge in [-0.25, -0.2) is 8.42 Å². The number of methoxy groups -OCH3 is 1. The van der Waals surface area contributed by atoms with Crippen LogP contribution in [0, 0.1) is 0 Å². The number of aliphatic hydroxyl groups is 1. The Hall–Kier alpha value is -2.59. The van der Waals surface area contributed by atoms with E-state index >= 15 is 0 Å². The van der Waals surface area contributed by atoms with Gasteiger partial charge in [0, 0.05) is 6.26 Å². The maximum atomic E-state index is 11.6. The van der Waals surface area contributed by atoms with E-state index in [0.29, 0.717) is 11.5 Å². The number of benzene rings is 1. The van der Waals surface area contributed by atoms with Crippen molar-refractivity contribution >= 4 is 15.7 Å². The molecule has 2 aromatic rings. The minimum Gasteiger partial charge on any atom is -0.493 e. The van der Waals surface area contributed by atoms with Gasteiger partial charge in [0.05, 0.1) is 13.7 Å². The number of anilines is 1. The lowest BCUT2D eigenvalue weighted by molar-refractivity contribution is 0.191. The van der Waals surface area contributed by atoms with Crippen LogP contribution in [0.25, 0.3) is 0 Å². The number of hydrogen-bond acceptors (Lipinski definition) is 9. The Bertz CT molecular complexity index is 825. The summed E-state index contributed by atoms with van der Waals surface area (Å²) in [7, 11) is -2.23. The SMILES string of the molecule is COc1ccccc1Oc1c(N)nc(S(C)(=O)=O)nc1OCCO. The number of sulfone groups is 1. The third-order valence-electron chi connectivity index (χ3n) is 2.78. The lowest BCUT2D eigenvalue weighted by Gasteiger charge is -2.15. The third-order valence-corrected chi connectivity index (χ3v) is 3.63. The van der Waals surface area contributed by atoms with Gasteiger partial charge < -0.3 is 25.1 Å². The zero-order chi connectivity index (χ0) is 17.7. The molecule has 0 aliphatic heterocycles. The predicted octanol–water partition coefficient (Wildman–Crippen LogP) is 0.634. The Labute approximate surface area is 138 Å². The monoisotopic (exact) mass is 355 g/mol. The number of nitrogens with zero attached hydrogens (tertiary/aromatic N) is 2. The van der Waals surface area contributed by atoms with Crippen LogP contribution in [-0.4, -0.2) is 50.1 Å². The van der Waals surface area contributed by atoms with Gasteiger partial charge in [-0.2, -0.15) is 9.97 Å². The zero-order valence-electron chi connectivity index (χ0n) is 13.1. The molecule has 0 fully saturated rings. The van der Waals surface area contributed by atoms with Crippen molar-refractivity contribution in [3.8, 4) is 23.1 Å². The maximum Gasteiger partial charge on any atom is 0.264 e. The van der Waals surface area contributed by atoms with E-state index in [9.17, 15) is 8.42 Å². The molecule has 1 aromatic heterocycles. The lowest BCUT2D eigenvalue weighted by atomic mass is 10.3. The quantitative estimate of drug-likeness (QED) is 0.686. The summed E-state index contributed by atoms with van der Waals surface area (Å²) in [6.07, 6.45) is 0.943. The molecule has 0 atom stereocenters. The van der Waals surface area contributed by atoms with E-state index in [-0.39, 0.29) is 30.7 Å². The van der Waals surface area contributed by atoms with E-state index in [1.807, 2.05) is 0 Å². The van der Waals surface area contributed by atoms with Crippen molar-refractivity contribution in [1.29, 1.82) is 0 Å². The van der Waals surface area contributed by atoms with E-state index in [4.69, 9.17) is 25.1 Å². The molecule has 0 bridgehead atoms. The molecule has 0 saturated heterocycles. The van der Waals surface area contributed by atoms with Gasteiger partial charge in [0.25, 0.3) is 11.0 Å². The molecule has 0 radical (unpaired) electrons. The molecular weight excluding hydrogens is 338 g/mol. The van der Waals surface area contributed by atoms with Crippen LogP contribution < -0.4 is 19.9 Å². The number of aliphatic hydroxyl groups excluding tert-OH is 1. The topological polar surface area (TPSA) is 134 Å². The number of hydrogen-bond donors (Lipinski definition) is 2. The summed E-state index contributed by atoms with van der Waals surface area (Å²) in [6, 6.07) is 6.76. The smallest absolute Gasteiger partial charge is 0.264 e. The fraction of sp³-hybridized carbons (Fsp3) is 0.286. The van der Waals surface area contributed by atoms with Gasteiger partial charge in [0.15, 0.2) is 17.3 Å². The highest BCUT2D eigenvalue weighted by molar-refractivity contribution is 7.90. The van der Waals surface area contributed by atoms with Gasteiger partial charge in [-0.05, 0) is 12.1 Å². The van der Waals surface area contributed by atoms with Gasteiger partial charge in [0.2, 0.25) is 15.6 Å². The average molecular weight is 355 g/mol. The molecule has 1 heterocycles. The molecule has 0 spiro atoms. The van der Waals surface area contributed by atoms with Crippen molar-refractivity contribution in [3.63, 3.8) is 0 Å². The van der Waals surface area contributed by atoms with Gasteiger partial charge in [-0.1, -0.05) is 12.1 Å². The largest absolute Gasteiger partial charge is 0.493 e. The Morgan fingerprint density at radius 3 is 2.46 bits per heavy atom. The first-order chi connectivity index (χ1) is 11.4. The summed E-state index contributed by atoms with van der Waals surface area (Å²) in [4.78, 5) is 7.55. The maximum absolute atomic E-state index is 11.6. The van der Waals surface area contributed by atoms with E-state index in [2.05, 4.69) is 9.97 Å². The second kappa shape index (κ2) is 7.32. The first-order valence-electron chi connectivity index (χ1n) is 6.79. The van der Waals surface area contributed by atoms with Crippen molar-refractivity contribution in [2.75, 3.05) is 32.3 Å². The first-order valence-corrected chi connectivity index (χ1v) is 8.68. The van der Waals surface area contributed by atoms with Crippen LogP contribution in [-0.2, 0) is 9.84 Å². The molecule has 24 heavy (non-hydrogen) atoms. The van der Waals surface area contributed by atoms with E-state index in [1.54, 1.807) is 24.3 Å². The summed E-state index contributed by atoms with van der Waals surface area (Å²) < 4.78 is 39.3. The summed E-state index contributed by atoms with van der Waals surface area (Å²) in [5, 5.41) is 8.41. The van der Waals surface area contributed by atoms with Crippen LogP contribution in [0.15, 0.2) is 29.4 Å². The standard InChI is InChI=1S/C14H17N3O6S/c1-21-9-5-3-4-6-10(9)23-11-12(15)16-14(24(2,19)20)17-13(11)22-8-7-18/h3-6,18H,7-8H2,1-2H3,(H2,15,16,17). The predicted molar refractivity (Wildman–Crippen MR) is 85.2 cm³/mol. The average Bonchev–Trinajstić information content (AvgIpc) is 2.54. The highest BCUT2D eigenvalue weighted by atomic mass is 32.2. The number of nitrogens with two attached hydrogens (primary N) is 1. The van der Waals surface area contributed by atoms with Crippen molar-refractivity contribution in [2.45, 2.75) is 5.16 Å². The van der Waals surface area contributed by atoms with Crippen LogP contribution in [0.1, 0.15) is 0 Å². The first kappa shape index (κ1) is 17.8. The molecule has 9 nitrogen and oxygen atoms in total. The number of aromatic nitrogens is 2. The number of ether oxygens (including phenoxy) is 3. The minimum atomic E-state index is -3.70. The summed E-state index contributed by atoms with van der Waals surface area (Å²) in [6.45, 7) is -0.422. The highest BCUT2D eigenvalue weighted by Crippen LogP contribution is 2.38. The Morgan fingerprint density at radius 2 is 1.88 bits per heavy atom. The fourth-order valence-electron chi connectivity index (χ4n) is 1.74. The Morgan fingerprint density at radius 1 is 1.21 bits per heavy atom. The zero-order valence-corrected chi connectivity index (χ0v) is 13.9. The highest BCUT2D eigenvalue weighted by Gasteiger charge is 2.22. The summed E-state index contributed by atoms with van der Waals surface area (Å²) in [5.74, 6) is 0.265. The summed E-state index contributed by atoms with van der Waals surface area (Å²) in [5.41, 5.74) is 5.81. The van der Waals surface area contributed by atoms with Crippen molar-refractivity contribution in [1.82, 2.24) is 9.97 Å². The molecule has 2 rings (SSSR count). The minimum absolute atomic E-state index is 0.0691. The molecule has 0 amide bonds. The lowest BCUT2D eigenvalue weighted by Crippen LogP contribution is -2.12. The molecule has 10 heteroatoms. The van der Waals surface area contributed by atoms with E-state index in [0.717, 1.165) is 6.26 Å². The van der Waals surface area contributed by atoms with Crippen LogP contribution in [0.3, 0.4) is 0 Å². The van der Waals surface area contributed by atoms with Crippen LogP contribution >= 0.6 is 0 Å². The molecule has 3 N–H and O–H groups in total. The van der Waals surface area contributed by atoms with Crippen LogP contribution in [0.5, 0.6) is 23.1 Å². The van der Waals surface area contributed by atoms with Crippen LogP contribution in [0.2, 0.25) is 0 Å². The van der Waals surface area contributed by atoms with Crippen molar-refractivity contribution in [3.05, 3.63) is 24.3 Å². The van der Waals surface area contributed by atoms with Gasteiger partial charge in [-0.3, -0.25) is 0 Å². The van der Waals surface area contributed by atoms with E-state index in [1.165, 1.54) is 7.11 Å². The third kappa shape index (κ3) is 4.03. The van der Waals surface area contributed by atoms with Gasteiger partial charge >= 0.3 is 0 Å². The molecular formula is C14H17N3O6S. The second-order valence-corrected chi connectivity index (χ2v) is 6.53. The fourth-order valence-corrected chi connectivity index (χ4v) is 2.25. The Kier molecular flexibility index (Phi) is 5.42. The molecule has 130 valence electrons. The Balaban J connectivity index is 2.51. The van der Waals surface area contributed by atoms with Crippen LogP contribution in [0.4, 0.5) is 5.82 Å². The molecule has 0 unspecified atom stereocenters. The molecule has 0 aliphatic carbocycles. The molecule has 0 aliphatic rings. The van der Waals surface area contributed by atoms with Gasteiger partial charge in [0.1, 0.15) is 6.61 Å². The van der Waals surface area contributed by atoms with Crippen molar-refractivity contribution in [2.24, 2.45) is 0 Å². The molecule has 0 saturated carbocycles. The summed E-state index contributed by atoms with van der Waals surface area (Å²) >= 11 is 0.